The highest BCUT2D eigenvalue weighted by Crippen LogP contribution is 2.20. The number of hydrogen-bond acceptors (Lipinski definition) is 4. The summed E-state index contributed by atoms with van der Waals surface area (Å²) >= 11 is 3.39. The van der Waals surface area contributed by atoms with Gasteiger partial charge in [-0.15, -0.1) is 0 Å². The van der Waals surface area contributed by atoms with Gasteiger partial charge < -0.3 is 14.7 Å². The number of anilines is 1. The van der Waals surface area contributed by atoms with E-state index in [4.69, 9.17) is 4.52 Å². The van der Waals surface area contributed by atoms with Gasteiger partial charge in [-0.1, -0.05) is 24.2 Å². The third-order valence-electron chi connectivity index (χ3n) is 3.70. The number of halogens is 1. The Bertz CT molecular complexity index is 729. The summed E-state index contributed by atoms with van der Waals surface area (Å²) in [5.41, 5.74) is 0.530. The Morgan fingerprint density at radius 3 is 2.67 bits per heavy atom. The van der Waals surface area contributed by atoms with Crippen LogP contribution in [0.2, 0.25) is 0 Å². The number of aromatic nitrogens is 1. The molecule has 6 nitrogen and oxygen atoms in total. The predicted molar refractivity (Wildman–Crippen MR) is 94.8 cm³/mol. The van der Waals surface area contributed by atoms with Gasteiger partial charge in [-0.25, -0.2) is 0 Å². The molecule has 1 aromatic carbocycles. The quantitative estimate of drug-likeness (QED) is 0.812. The minimum Gasteiger partial charge on any atom is -0.360 e. The van der Waals surface area contributed by atoms with Crippen molar-refractivity contribution < 1.29 is 14.1 Å². The SMILES string of the molecule is CC[C@@H](C)N(CC(=O)Nc1cc(C)on1)C(=O)c1ccccc1Br. The van der Waals surface area contributed by atoms with Gasteiger partial charge in [0.05, 0.1) is 5.56 Å². The largest absolute Gasteiger partial charge is 0.360 e. The lowest BCUT2D eigenvalue weighted by Crippen LogP contribution is -2.43. The molecule has 0 aliphatic heterocycles. The van der Waals surface area contributed by atoms with Crippen molar-refractivity contribution in [3.63, 3.8) is 0 Å². The number of rotatable bonds is 6. The molecule has 2 amide bonds. The van der Waals surface area contributed by atoms with Crippen molar-refractivity contribution in [1.29, 1.82) is 0 Å². The summed E-state index contributed by atoms with van der Waals surface area (Å²) in [5.74, 6) is 0.440. The van der Waals surface area contributed by atoms with Crippen molar-refractivity contribution in [2.45, 2.75) is 33.2 Å². The molecule has 24 heavy (non-hydrogen) atoms. The lowest BCUT2D eigenvalue weighted by Gasteiger charge is -2.28. The van der Waals surface area contributed by atoms with Gasteiger partial charge in [-0.3, -0.25) is 9.59 Å². The van der Waals surface area contributed by atoms with Gasteiger partial charge in [0.15, 0.2) is 5.82 Å². The second-order valence-corrected chi connectivity index (χ2v) is 6.40. The van der Waals surface area contributed by atoms with Gasteiger partial charge >= 0.3 is 0 Å². The van der Waals surface area contributed by atoms with Crippen LogP contribution in [0.5, 0.6) is 0 Å². The van der Waals surface area contributed by atoms with Crippen molar-refractivity contribution in [2.75, 3.05) is 11.9 Å². The molecule has 128 valence electrons. The summed E-state index contributed by atoms with van der Waals surface area (Å²) in [6.45, 7) is 5.58. The van der Waals surface area contributed by atoms with Crippen LogP contribution >= 0.6 is 15.9 Å². The average molecular weight is 394 g/mol. The van der Waals surface area contributed by atoms with Gasteiger partial charge in [0.25, 0.3) is 5.91 Å². The first-order chi connectivity index (χ1) is 11.4. The molecule has 0 spiro atoms. The molecule has 0 saturated carbocycles. The van der Waals surface area contributed by atoms with E-state index in [1.54, 1.807) is 36.1 Å². The van der Waals surface area contributed by atoms with Crippen LogP contribution in [0.15, 0.2) is 39.3 Å². The maximum atomic E-state index is 12.8. The molecule has 0 aliphatic carbocycles. The molecule has 0 saturated heterocycles. The van der Waals surface area contributed by atoms with Gasteiger partial charge in [-0.05, 0) is 48.3 Å². The Labute approximate surface area is 149 Å². The highest BCUT2D eigenvalue weighted by molar-refractivity contribution is 9.10. The smallest absolute Gasteiger partial charge is 0.255 e. The maximum Gasteiger partial charge on any atom is 0.255 e. The summed E-state index contributed by atoms with van der Waals surface area (Å²) in [7, 11) is 0. The molecule has 1 heterocycles. The second-order valence-electron chi connectivity index (χ2n) is 5.54. The van der Waals surface area contributed by atoms with Crippen molar-refractivity contribution in [3.05, 3.63) is 46.1 Å². The molecule has 0 radical (unpaired) electrons. The number of hydrogen-bond donors (Lipinski definition) is 1. The number of nitrogens with zero attached hydrogens (tertiary/aromatic N) is 2. The normalized spacial score (nSPS) is 11.8. The van der Waals surface area contributed by atoms with Crippen molar-refractivity contribution in [3.8, 4) is 0 Å². The minimum atomic E-state index is -0.316. The topological polar surface area (TPSA) is 75.4 Å². The van der Waals surface area contributed by atoms with E-state index in [0.717, 1.165) is 6.42 Å². The summed E-state index contributed by atoms with van der Waals surface area (Å²) in [6.07, 6.45) is 0.743. The molecule has 0 bridgehead atoms. The Morgan fingerprint density at radius 1 is 1.38 bits per heavy atom. The number of nitrogens with one attached hydrogen (secondary N) is 1. The summed E-state index contributed by atoms with van der Waals surface area (Å²) in [5, 5.41) is 6.37. The van der Waals surface area contributed by atoms with E-state index in [2.05, 4.69) is 26.4 Å². The Kier molecular flexibility index (Phi) is 6.14. The lowest BCUT2D eigenvalue weighted by molar-refractivity contribution is -0.117. The van der Waals surface area contributed by atoms with Crippen molar-refractivity contribution in [1.82, 2.24) is 10.1 Å². The number of carbonyl (C=O) groups excluding carboxylic acids is 2. The van der Waals surface area contributed by atoms with Crippen LogP contribution in [0.25, 0.3) is 0 Å². The molecule has 7 heteroatoms. The standard InChI is InChI=1S/C17H20BrN3O3/c1-4-11(2)21(17(23)13-7-5-6-8-14(13)18)10-16(22)19-15-9-12(3)24-20-15/h5-9,11H,4,10H2,1-3H3,(H,19,20,22)/t11-/m1/s1. The van der Waals surface area contributed by atoms with Crippen LogP contribution in [-0.4, -0.2) is 34.5 Å². The second kappa shape index (κ2) is 8.10. The van der Waals surface area contributed by atoms with E-state index >= 15 is 0 Å². The maximum absolute atomic E-state index is 12.8. The highest BCUT2D eigenvalue weighted by atomic mass is 79.9. The molecule has 1 N–H and O–H groups in total. The number of aryl methyl sites for hydroxylation is 1. The predicted octanol–water partition coefficient (Wildman–Crippen LogP) is 3.62. The van der Waals surface area contributed by atoms with Crippen LogP contribution < -0.4 is 5.32 Å². The van der Waals surface area contributed by atoms with Gasteiger partial charge in [0.1, 0.15) is 12.3 Å². The zero-order valence-electron chi connectivity index (χ0n) is 13.9. The third-order valence-corrected chi connectivity index (χ3v) is 4.39. The third kappa shape index (κ3) is 4.44. The van der Waals surface area contributed by atoms with Crippen molar-refractivity contribution in [2.24, 2.45) is 0 Å². The fourth-order valence-electron chi connectivity index (χ4n) is 2.20. The van der Waals surface area contributed by atoms with Crippen LogP contribution in [0, 0.1) is 6.92 Å². The zero-order valence-corrected chi connectivity index (χ0v) is 15.5. The number of benzene rings is 1. The number of amides is 2. The molecule has 0 unspecified atom stereocenters. The molecule has 2 aromatic rings. The van der Waals surface area contributed by atoms with E-state index in [1.165, 1.54) is 0 Å². The summed E-state index contributed by atoms with van der Waals surface area (Å²) < 4.78 is 5.62. The summed E-state index contributed by atoms with van der Waals surface area (Å²) in [6, 6.07) is 8.73. The van der Waals surface area contributed by atoms with Gasteiger partial charge in [0.2, 0.25) is 5.91 Å². The fraction of sp³-hybridized carbons (Fsp3) is 0.353. The highest BCUT2D eigenvalue weighted by Gasteiger charge is 2.24. The van der Waals surface area contributed by atoms with E-state index in [9.17, 15) is 9.59 Å². The molecule has 0 fully saturated rings. The first-order valence-corrected chi connectivity index (χ1v) is 8.50. The Morgan fingerprint density at radius 2 is 2.08 bits per heavy atom. The minimum absolute atomic E-state index is 0.0545. The molecule has 1 aromatic heterocycles. The van der Waals surface area contributed by atoms with Crippen LogP contribution in [0.4, 0.5) is 5.82 Å². The zero-order chi connectivity index (χ0) is 17.7. The first-order valence-electron chi connectivity index (χ1n) is 7.71. The van der Waals surface area contributed by atoms with E-state index < -0.39 is 0 Å². The lowest BCUT2D eigenvalue weighted by atomic mass is 10.1. The molecular weight excluding hydrogens is 374 g/mol. The molecular formula is C17H20BrN3O3. The van der Waals surface area contributed by atoms with Gasteiger partial charge in [0, 0.05) is 16.6 Å². The average Bonchev–Trinajstić information content (AvgIpc) is 2.96. The van der Waals surface area contributed by atoms with E-state index in [1.807, 2.05) is 19.9 Å². The Hall–Kier alpha value is -2.15. The van der Waals surface area contributed by atoms with Crippen LogP contribution in [0.3, 0.4) is 0 Å². The molecule has 2 rings (SSSR count). The fourth-order valence-corrected chi connectivity index (χ4v) is 2.65. The Balaban J connectivity index is 2.15. The summed E-state index contributed by atoms with van der Waals surface area (Å²) in [4.78, 5) is 26.7. The molecule has 1 atom stereocenters. The van der Waals surface area contributed by atoms with E-state index in [-0.39, 0.29) is 24.4 Å². The monoisotopic (exact) mass is 393 g/mol. The van der Waals surface area contributed by atoms with Crippen molar-refractivity contribution >= 4 is 33.6 Å². The molecule has 0 aliphatic rings. The van der Waals surface area contributed by atoms with Crippen LogP contribution in [-0.2, 0) is 4.79 Å². The van der Waals surface area contributed by atoms with Crippen LogP contribution in [0.1, 0.15) is 36.4 Å². The van der Waals surface area contributed by atoms with Gasteiger partial charge in [-0.2, -0.15) is 0 Å². The first kappa shape index (κ1) is 18.2. The van der Waals surface area contributed by atoms with E-state index in [0.29, 0.717) is 21.6 Å². The number of carbonyl (C=O) groups is 2.